The zero-order chi connectivity index (χ0) is 13.2. The minimum Gasteiger partial charge on any atom is -0.381 e. The molecular weight excluding hydrogens is 224 g/mol. The topological polar surface area (TPSA) is 24.5 Å². The van der Waals surface area contributed by atoms with Crippen molar-refractivity contribution in [2.45, 2.75) is 46.1 Å². The van der Waals surface area contributed by atoms with Crippen molar-refractivity contribution in [1.82, 2.24) is 10.2 Å². The first kappa shape index (κ1) is 14.3. The molecule has 3 nitrogen and oxygen atoms in total. The van der Waals surface area contributed by atoms with Gasteiger partial charge in [-0.05, 0) is 46.1 Å². The van der Waals surface area contributed by atoms with Crippen LogP contribution >= 0.6 is 0 Å². The molecule has 2 fully saturated rings. The number of hydrogen-bond acceptors (Lipinski definition) is 3. The lowest BCUT2D eigenvalue weighted by Gasteiger charge is -2.35. The average Bonchev–Trinajstić information content (AvgIpc) is 2.86. The Kier molecular flexibility index (Phi) is 4.35. The van der Waals surface area contributed by atoms with Crippen molar-refractivity contribution in [2.75, 3.05) is 39.4 Å². The third-order valence-corrected chi connectivity index (χ3v) is 4.25. The molecule has 3 heteroatoms. The molecule has 0 amide bonds. The molecular formula is C15H30N2O. The molecule has 2 saturated heterocycles. The predicted molar refractivity (Wildman–Crippen MR) is 75.8 cm³/mol. The van der Waals surface area contributed by atoms with Crippen LogP contribution in [0.25, 0.3) is 0 Å². The fourth-order valence-corrected chi connectivity index (χ4v) is 3.07. The molecule has 0 radical (unpaired) electrons. The van der Waals surface area contributed by atoms with Crippen LogP contribution in [0.15, 0.2) is 0 Å². The van der Waals surface area contributed by atoms with Crippen molar-refractivity contribution in [3.63, 3.8) is 0 Å². The van der Waals surface area contributed by atoms with Gasteiger partial charge in [0.05, 0.1) is 6.61 Å². The van der Waals surface area contributed by atoms with E-state index in [4.69, 9.17) is 4.74 Å². The lowest BCUT2D eigenvalue weighted by Crippen LogP contribution is -2.49. The summed E-state index contributed by atoms with van der Waals surface area (Å²) in [6.45, 7) is 15.8. The van der Waals surface area contributed by atoms with E-state index in [9.17, 15) is 0 Å². The molecule has 0 aromatic rings. The van der Waals surface area contributed by atoms with Crippen LogP contribution in [0.4, 0.5) is 0 Å². The van der Waals surface area contributed by atoms with Gasteiger partial charge in [-0.15, -0.1) is 0 Å². The normalized spacial score (nSPS) is 34.3. The molecule has 0 bridgehead atoms. The van der Waals surface area contributed by atoms with E-state index in [-0.39, 0.29) is 5.54 Å². The van der Waals surface area contributed by atoms with E-state index < -0.39 is 0 Å². The lowest BCUT2D eigenvalue weighted by molar-refractivity contribution is 0.111. The summed E-state index contributed by atoms with van der Waals surface area (Å²) in [7, 11) is 0. The number of nitrogens with zero attached hydrogens (tertiary/aromatic N) is 1. The number of rotatable bonds is 4. The van der Waals surface area contributed by atoms with E-state index in [1.807, 2.05) is 0 Å². The van der Waals surface area contributed by atoms with Gasteiger partial charge >= 0.3 is 0 Å². The molecule has 0 spiro atoms. The van der Waals surface area contributed by atoms with Gasteiger partial charge in [0.2, 0.25) is 0 Å². The third-order valence-electron chi connectivity index (χ3n) is 4.25. The molecule has 106 valence electrons. The fraction of sp³-hybridized carbons (Fsp3) is 1.00. The molecule has 2 heterocycles. The van der Waals surface area contributed by atoms with Gasteiger partial charge in [-0.25, -0.2) is 0 Å². The van der Waals surface area contributed by atoms with Crippen molar-refractivity contribution < 1.29 is 4.74 Å². The Bertz CT molecular complexity index is 266. The molecule has 0 saturated carbocycles. The highest BCUT2D eigenvalue weighted by Gasteiger charge is 2.38. The molecule has 0 aromatic heterocycles. The molecule has 18 heavy (non-hydrogen) atoms. The van der Waals surface area contributed by atoms with Crippen LogP contribution in [0.2, 0.25) is 0 Å². The Morgan fingerprint density at radius 1 is 1.39 bits per heavy atom. The molecule has 0 aromatic carbocycles. The Labute approximate surface area is 112 Å². The smallest absolute Gasteiger partial charge is 0.0547 e. The predicted octanol–water partition coefficient (Wildman–Crippen LogP) is 2.12. The fourth-order valence-electron chi connectivity index (χ4n) is 3.07. The van der Waals surface area contributed by atoms with Crippen LogP contribution in [-0.2, 0) is 4.74 Å². The first-order chi connectivity index (χ1) is 8.39. The Morgan fingerprint density at radius 3 is 2.67 bits per heavy atom. The van der Waals surface area contributed by atoms with E-state index in [1.165, 1.54) is 32.5 Å². The second-order valence-corrected chi connectivity index (χ2v) is 7.54. The molecule has 2 aliphatic heterocycles. The van der Waals surface area contributed by atoms with Gasteiger partial charge < -0.3 is 15.0 Å². The van der Waals surface area contributed by atoms with Gasteiger partial charge in [0.25, 0.3) is 0 Å². The lowest BCUT2D eigenvalue weighted by atomic mass is 9.85. The van der Waals surface area contributed by atoms with E-state index in [0.29, 0.717) is 5.41 Å². The third kappa shape index (κ3) is 3.94. The van der Waals surface area contributed by atoms with Crippen molar-refractivity contribution in [3.8, 4) is 0 Å². The van der Waals surface area contributed by atoms with Gasteiger partial charge in [-0.2, -0.15) is 0 Å². The molecule has 2 aliphatic rings. The first-order valence-electron chi connectivity index (χ1n) is 7.44. The maximum Gasteiger partial charge on any atom is 0.0547 e. The number of hydrogen-bond donors (Lipinski definition) is 1. The van der Waals surface area contributed by atoms with Crippen molar-refractivity contribution in [1.29, 1.82) is 0 Å². The summed E-state index contributed by atoms with van der Waals surface area (Å²) in [5.74, 6) is 0.875. The van der Waals surface area contributed by atoms with Crippen LogP contribution in [0, 0.1) is 11.3 Å². The summed E-state index contributed by atoms with van der Waals surface area (Å²) in [6.07, 6.45) is 2.57. The quantitative estimate of drug-likeness (QED) is 0.832. The highest BCUT2D eigenvalue weighted by Crippen LogP contribution is 2.31. The summed E-state index contributed by atoms with van der Waals surface area (Å²) >= 11 is 0. The maximum absolute atomic E-state index is 5.70. The summed E-state index contributed by atoms with van der Waals surface area (Å²) in [4.78, 5) is 2.64. The van der Waals surface area contributed by atoms with Crippen LogP contribution in [-0.4, -0.2) is 49.8 Å². The SMILES string of the molecule is CC1CCN(CC2(CNC(C)(C)C)CCOC2)C1. The van der Waals surface area contributed by atoms with Crippen molar-refractivity contribution in [2.24, 2.45) is 11.3 Å². The molecule has 1 N–H and O–H groups in total. The van der Waals surface area contributed by atoms with Gasteiger partial charge in [0.1, 0.15) is 0 Å². The maximum atomic E-state index is 5.70. The first-order valence-corrected chi connectivity index (χ1v) is 7.44. The molecule has 0 aliphatic carbocycles. The van der Waals surface area contributed by atoms with Gasteiger partial charge in [-0.3, -0.25) is 0 Å². The van der Waals surface area contributed by atoms with E-state index in [1.54, 1.807) is 0 Å². The van der Waals surface area contributed by atoms with Crippen LogP contribution in [0.5, 0.6) is 0 Å². The van der Waals surface area contributed by atoms with Crippen LogP contribution in [0.1, 0.15) is 40.5 Å². The summed E-state index contributed by atoms with van der Waals surface area (Å²) in [6, 6.07) is 0. The highest BCUT2D eigenvalue weighted by atomic mass is 16.5. The second kappa shape index (κ2) is 5.48. The number of ether oxygens (including phenoxy) is 1. The summed E-state index contributed by atoms with van der Waals surface area (Å²) < 4.78 is 5.70. The van der Waals surface area contributed by atoms with E-state index in [0.717, 1.165) is 25.7 Å². The van der Waals surface area contributed by atoms with Crippen LogP contribution < -0.4 is 5.32 Å². The van der Waals surface area contributed by atoms with E-state index in [2.05, 4.69) is 37.9 Å². The largest absolute Gasteiger partial charge is 0.381 e. The second-order valence-electron chi connectivity index (χ2n) is 7.54. The monoisotopic (exact) mass is 254 g/mol. The molecule has 2 unspecified atom stereocenters. The number of likely N-dealkylation sites (tertiary alicyclic amines) is 1. The van der Waals surface area contributed by atoms with Gasteiger partial charge in [0.15, 0.2) is 0 Å². The molecule has 2 rings (SSSR count). The summed E-state index contributed by atoms with van der Waals surface area (Å²) in [5, 5.41) is 3.68. The zero-order valence-electron chi connectivity index (χ0n) is 12.6. The Balaban J connectivity index is 1.90. The van der Waals surface area contributed by atoms with Crippen molar-refractivity contribution >= 4 is 0 Å². The Hall–Kier alpha value is -0.120. The Morgan fingerprint density at radius 2 is 2.17 bits per heavy atom. The zero-order valence-corrected chi connectivity index (χ0v) is 12.6. The highest BCUT2D eigenvalue weighted by molar-refractivity contribution is 4.91. The standard InChI is InChI=1S/C15H30N2O/c1-13-5-7-17(9-13)11-15(6-8-18-12-15)10-16-14(2,3)4/h13,16H,5-12H2,1-4H3. The van der Waals surface area contributed by atoms with E-state index >= 15 is 0 Å². The minimum atomic E-state index is 0.202. The number of nitrogens with one attached hydrogen (secondary N) is 1. The van der Waals surface area contributed by atoms with Gasteiger partial charge in [-0.1, -0.05) is 6.92 Å². The van der Waals surface area contributed by atoms with Gasteiger partial charge in [0, 0.05) is 37.2 Å². The summed E-state index contributed by atoms with van der Waals surface area (Å²) in [5.41, 5.74) is 0.547. The minimum absolute atomic E-state index is 0.202. The molecule has 2 atom stereocenters. The average molecular weight is 254 g/mol. The van der Waals surface area contributed by atoms with Crippen LogP contribution in [0.3, 0.4) is 0 Å². The van der Waals surface area contributed by atoms with Crippen molar-refractivity contribution in [3.05, 3.63) is 0 Å².